The summed E-state index contributed by atoms with van der Waals surface area (Å²) in [4.78, 5) is 35.0. The molecular weight excluding hydrogens is 534 g/mol. The lowest BCUT2D eigenvalue weighted by Crippen LogP contribution is -2.53. The van der Waals surface area contributed by atoms with Crippen molar-refractivity contribution in [2.45, 2.75) is 16.9 Å². The van der Waals surface area contributed by atoms with E-state index in [0.29, 0.717) is 53.8 Å². The van der Waals surface area contributed by atoms with Gasteiger partial charge < -0.3 is 24.2 Å². The molecule has 2 atom stereocenters. The third kappa shape index (κ3) is 5.15. The van der Waals surface area contributed by atoms with Crippen LogP contribution in [0.3, 0.4) is 0 Å². The second-order valence-electron chi connectivity index (χ2n) is 9.70. The number of carbonyl (C=O) groups excluding carboxylic acids is 2. The van der Waals surface area contributed by atoms with Crippen molar-refractivity contribution >= 4 is 40.9 Å². The molecule has 0 aromatic heterocycles. The Kier molecular flexibility index (Phi) is 7.96. The summed E-state index contributed by atoms with van der Waals surface area (Å²) >= 11 is 7.87. The van der Waals surface area contributed by atoms with Gasteiger partial charge in [-0.05, 0) is 59.8 Å². The number of amides is 2. The van der Waals surface area contributed by atoms with Gasteiger partial charge in [-0.15, -0.1) is 11.8 Å². The fraction of sp³-hybridized carbons (Fsp3) is 0.333. The van der Waals surface area contributed by atoms with Crippen molar-refractivity contribution in [3.63, 3.8) is 0 Å². The van der Waals surface area contributed by atoms with Crippen LogP contribution in [0.2, 0.25) is 5.02 Å². The third-order valence-electron chi connectivity index (χ3n) is 7.66. The zero-order chi connectivity index (χ0) is 27.7. The molecule has 0 bridgehead atoms. The van der Waals surface area contributed by atoms with Gasteiger partial charge in [-0.1, -0.05) is 29.8 Å². The first-order valence-electron chi connectivity index (χ1n) is 12.8. The van der Waals surface area contributed by atoms with Gasteiger partial charge >= 0.3 is 0 Å². The standard InChI is InChI=1S/C30H32ClN3O4S/c1-32-28(19-8-10-22(39-4)11-9-19)27(23-17-25(37-2)26(38-3)18-24(23)29(32)35)30(36)34-14-12-33(13-15-34)21-7-5-6-20(31)16-21/h5-11,16-18,27-28H,12-15H2,1-4H3/t27-,28+/m1/s1. The molecule has 2 aliphatic rings. The van der Waals surface area contributed by atoms with Gasteiger partial charge in [0.15, 0.2) is 11.5 Å². The minimum atomic E-state index is -0.597. The molecule has 2 amide bonds. The average molecular weight is 566 g/mol. The molecule has 0 aliphatic carbocycles. The van der Waals surface area contributed by atoms with Gasteiger partial charge in [0.1, 0.15) is 0 Å². The largest absolute Gasteiger partial charge is 0.493 e. The molecule has 3 aromatic carbocycles. The van der Waals surface area contributed by atoms with Gasteiger partial charge in [0.05, 0.1) is 26.2 Å². The van der Waals surface area contributed by atoms with Gasteiger partial charge in [0, 0.05) is 54.4 Å². The van der Waals surface area contributed by atoms with E-state index in [1.54, 1.807) is 50.1 Å². The number of likely N-dealkylation sites (N-methyl/N-ethyl adjacent to an activating group) is 1. The highest BCUT2D eigenvalue weighted by molar-refractivity contribution is 7.98. The molecule has 1 saturated heterocycles. The molecular formula is C30H32ClN3O4S. The minimum absolute atomic E-state index is 0.00694. The van der Waals surface area contributed by atoms with Crippen LogP contribution in [0.1, 0.15) is 33.4 Å². The molecule has 0 radical (unpaired) electrons. The zero-order valence-corrected chi connectivity index (χ0v) is 24.1. The Hall–Kier alpha value is -3.36. The van der Waals surface area contributed by atoms with Crippen molar-refractivity contribution in [1.82, 2.24) is 9.80 Å². The first-order chi connectivity index (χ1) is 18.9. The molecule has 9 heteroatoms. The van der Waals surface area contributed by atoms with Crippen LogP contribution in [-0.4, -0.2) is 75.3 Å². The Balaban J connectivity index is 1.53. The molecule has 1 fully saturated rings. The maximum Gasteiger partial charge on any atom is 0.254 e. The number of hydrogen-bond donors (Lipinski definition) is 0. The van der Waals surface area contributed by atoms with Crippen LogP contribution in [0.25, 0.3) is 0 Å². The molecule has 2 aliphatic heterocycles. The van der Waals surface area contributed by atoms with Crippen molar-refractivity contribution in [3.8, 4) is 11.5 Å². The number of methoxy groups -OCH3 is 2. The Morgan fingerprint density at radius 1 is 0.949 bits per heavy atom. The topological polar surface area (TPSA) is 62.3 Å². The quantitative estimate of drug-likeness (QED) is 0.376. The summed E-state index contributed by atoms with van der Waals surface area (Å²) in [7, 11) is 4.87. The molecule has 0 saturated carbocycles. The van der Waals surface area contributed by atoms with E-state index in [-0.39, 0.29) is 11.8 Å². The summed E-state index contributed by atoms with van der Waals surface area (Å²) in [6.07, 6.45) is 2.02. The smallest absolute Gasteiger partial charge is 0.254 e. The molecule has 3 aromatic rings. The molecule has 2 heterocycles. The van der Waals surface area contributed by atoms with Crippen LogP contribution in [0, 0.1) is 0 Å². The van der Waals surface area contributed by atoms with Crippen LogP contribution in [0.4, 0.5) is 5.69 Å². The van der Waals surface area contributed by atoms with E-state index < -0.39 is 12.0 Å². The van der Waals surface area contributed by atoms with E-state index in [1.807, 2.05) is 59.7 Å². The summed E-state index contributed by atoms with van der Waals surface area (Å²) in [6.45, 7) is 2.53. The van der Waals surface area contributed by atoms with Crippen molar-refractivity contribution in [2.24, 2.45) is 0 Å². The molecule has 7 nitrogen and oxygen atoms in total. The van der Waals surface area contributed by atoms with Crippen LogP contribution < -0.4 is 14.4 Å². The fourth-order valence-corrected chi connectivity index (χ4v) is 6.18. The molecule has 0 unspecified atom stereocenters. The third-order valence-corrected chi connectivity index (χ3v) is 8.64. The van der Waals surface area contributed by atoms with Gasteiger partial charge in [0.25, 0.3) is 5.91 Å². The van der Waals surface area contributed by atoms with Crippen LogP contribution in [-0.2, 0) is 4.79 Å². The monoisotopic (exact) mass is 565 g/mol. The van der Waals surface area contributed by atoms with Gasteiger partial charge in [-0.3, -0.25) is 9.59 Å². The number of rotatable bonds is 6. The highest BCUT2D eigenvalue weighted by Crippen LogP contribution is 2.46. The molecule has 5 rings (SSSR count). The Morgan fingerprint density at radius 2 is 1.62 bits per heavy atom. The lowest BCUT2D eigenvalue weighted by atomic mass is 9.78. The molecule has 204 valence electrons. The number of fused-ring (bicyclic) bond motifs is 1. The summed E-state index contributed by atoms with van der Waals surface area (Å²) in [5.41, 5.74) is 3.09. The Labute approximate surface area is 238 Å². The van der Waals surface area contributed by atoms with Gasteiger partial charge in [0.2, 0.25) is 5.91 Å². The van der Waals surface area contributed by atoms with Crippen molar-refractivity contribution in [3.05, 3.63) is 82.4 Å². The van der Waals surface area contributed by atoms with E-state index in [2.05, 4.69) is 4.90 Å². The highest BCUT2D eigenvalue weighted by Gasteiger charge is 2.45. The lowest BCUT2D eigenvalue weighted by molar-refractivity contribution is -0.134. The molecule has 0 N–H and O–H groups in total. The van der Waals surface area contributed by atoms with E-state index >= 15 is 0 Å². The van der Waals surface area contributed by atoms with Crippen LogP contribution >= 0.6 is 23.4 Å². The van der Waals surface area contributed by atoms with E-state index in [0.717, 1.165) is 16.1 Å². The zero-order valence-electron chi connectivity index (χ0n) is 22.5. The number of benzene rings is 3. The number of nitrogens with zero attached hydrogens (tertiary/aromatic N) is 3. The summed E-state index contributed by atoms with van der Waals surface area (Å²) < 4.78 is 11.1. The van der Waals surface area contributed by atoms with E-state index in [9.17, 15) is 9.59 Å². The molecule has 39 heavy (non-hydrogen) atoms. The number of thioether (sulfide) groups is 1. The Bertz CT molecular complexity index is 1380. The first-order valence-corrected chi connectivity index (χ1v) is 14.4. The molecule has 0 spiro atoms. The predicted molar refractivity (Wildman–Crippen MR) is 156 cm³/mol. The maximum atomic E-state index is 14.4. The van der Waals surface area contributed by atoms with Crippen molar-refractivity contribution < 1.29 is 19.1 Å². The number of piperazine rings is 1. The number of hydrogen-bond acceptors (Lipinski definition) is 6. The predicted octanol–water partition coefficient (Wildman–Crippen LogP) is 5.34. The SMILES string of the molecule is COc1cc2c(cc1OC)[C@@H](C(=O)N1CCN(c3cccc(Cl)c3)CC1)[C@H](c1ccc(SC)cc1)N(C)C2=O. The highest BCUT2D eigenvalue weighted by atomic mass is 35.5. The van der Waals surface area contributed by atoms with Gasteiger partial charge in [-0.2, -0.15) is 0 Å². The summed E-state index contributed by atoms with van der Waals surface area (Å²) in [5.74, 6) is 0.198. The number of anilines is 1. The number of carbonyl (C=O) groups is 2. The lowest BCUT2D eigenvalue weighted by Gasteiger charge is -2.43. The minimum Gasteiger partial charge on any atom is -0.493 e. The normalized spacial score (nSPS) is 19.1. The van der Waals surface area contributed by atoms with E-state index in [1.165, 1.54) is 0 Å². The van der Waals surface area contributed by atoms with E-state index in [4.69, 9.17) is 21.1 Å². The van der Waals surface area contributed by atoms with Crippen molar-refractivity contribution in [1.29, 1.82) is 0 Å². The first kappa shape index (κ1) is 27.2. The van der Waals surface area contributed by atoms with Crippen LogP contribution in [0.5, 0.6) is 11.5 Å². The average Bonchev–Trinajstić information content (AvgIpc) is 2.98. The van der Waals surface area contributed by atoms with Crippen LogP contribution in [0.15, 0.2) is 65.6 Å². The maximum absolute atomic E-state index is 14.4. The second-order valence-corrected chi connectivity index (χ2v) is 11.0. The second kappa shape index (κ2) is 11.4. The summed E-state index contributed by atoms with van der Waals surface area (Å²) in [5, 5.41) is 0.692. The number of ether oxygens (including phenoxy) is 2. The Morgan fingerprint density at radius 3 is 2.23 bits per heavy atom. The number of halogens is 1. The fourth-order valence-electron chi connectivity index (χ4n) is 5.59. The van der Waals surface area contributed by atoms with Crippen molar-refractivity contribution in [2.75, 3.05) is 58.6 Å². The van der Waals surface area contributed by atoms with Gasteiger partial charge in [-0.25, -0.2) is 0 Å². The summed E-state index contributed by atoms with van der Waals surface area (Å²) in [6, 6.07) is 18.9.